The van der Waals surface area contributed by atoms with Gasteiger partial charge in [0, 0.05) is 22.1 Å². The lowest BCUT2D eigenvalue weighted by atomic mass is 9.85. The minimum absolute atomic E-state index is 0.00480. The predicted molar refractivity (Wildman–Crippen MR) is 107 cm³/mol. The van der Waals surface area contributed by atoms with Gasteiger partial charge in [0.05, 0.1) is 20.1 Å². The van der Waals surface area contributed by atoms with Crippen LogP contribution in [0.2, 0.25) is 0 Å². The molecular formula is C21H24O3S. The molecule has 0 N–H and O–H groups in total. The number of benzene rings is 1. The largest absolute Gasteiger partial charge is 0.496 e. The zero-order chi connectivity index (χ0) is 18.6. The Morgan fingerprint density at radius 2 is 1.68 bits per heavy atom. The Morgan fingerprint density at radius 3 is 2.20 bits per heavy atom. The molecule has 0 saturated carbocycles. The summed E-state index contributed by atoms with van der Waals surface area (Å²) in [6.07, 6.45) is 10.6. The predicted octanol–water partition coefficient (Wildman–Crippen LogP) is 4.70. The van der Waals surface area contributed by atoms with E-state index in [9.17, 15) is 4.79 Å². The van der Waals surface area contributed by atoms with Gasteiger partial charge in [-0.05, 0) is 35.8 Å². The van der Waals surface area contributed by atoms with Crippen LogP contribution in [0.3, 0.4) is 0 Å². The van der Waals surface area contributed by atoms with Crippen LogP contribution < -0.4 is 9.47 Å². The van der Waals surface area contributed by atoms with Gasteiger partial charge in [-0.1, -0.05) is 45.1 Å². The molecule has 0 heterocycles. The second kappa shape index (κ2) is 7.79. The molecule has 0 atom stereocenters. The van der Waals surface area contributed by atoms with Crippen molar-refractivity contribution in [2.45, 2.75) is 26.2 Å². The normalized spacial score (nSPS) is 15.0. The van der Waals surface area contributed by atoms with E-state index in [1.165, 1.54) is 0 Å². The molecule has 0 fully saturated rings. The standard InChI is InChI=1S/C21H24O3S/c1-21(2,3)17-12-15(19(23-4)13-20(17)24-5)8-11-18(22)14-6-9-16(25)10-7-14/h6-14H,1-5H3/b11-8+. The summed E-state index contributed by atoms with van der Waals surface area (Å²) in [6, 6.07) is 3.88. The molecule has 0 aromatic heterocycles. The number of ether oxygens (including phenoxy) is 2. The van der Waals surface area contributed by atoms with E-state index in [1.807, 2.05) is 24.3 Å². The summed E-state index contributed by atoms with van der Waals surface area (Å²) in [6.45, 7) is 6.36. The highest BCUT2D eigenvalue weighted by Crippen LogP contribution is 2.37. The number of carbonyl (C=O) groups is 1. The van der Waals surface area contributed by atoms with Gasteiger partial charge in [-0.15, -0.1) is 0 Å². The summed E-state index contributed by atoms with van der Waals surface area (Å²) in [7, 11) is 3.26. The molecule has 1 aliphatic carbocycles. The molecule has 3 nitrogen and oxygen atoms in total. The fraction of sp³-hybridized carbons (Fsp3) is 0.333. The second-order valence-electron chi connectivity index (χ2n) is 6.93. The molecule has 0 amide bonds. The van der Waals surface area contributed by atoms with Gasteiger partial charge in [0.1, 0.15) is 11.5 Å². The first-order valence-corrected chi connectivity index (χ1v) is 8.56. The zero-order valence-electron chi connectivity index (χ0n) is 15.3. The van der Waals surface area contributed by atoms with Gasteiger partial charge in [0.15, 0.2) is 5.78 Å². The lowest BCUT2D eigenvalue weighted by Crippen LogP contribution is -2.13. The van der Waals surface area contributed by atoms with E-state index in [1.54, 1.807) is 38.5 Å². The molecule has 0 saturated heterocycles. The second-order valence-corrected chi connectivity index (χ2v) is 7.40. The summed E-state index contributed by atoms with van der Waals surface area (Å²) in [5.74, 6) is 1.18. The van der Waals surface area contributed by atoms with E-state index in [0.717, 1.165) is 21.7 Å². The Bertz CT molecular complexity index is 748. The van der Waals surface area contributed by atoms with E-state index in [4.69, 9.17) is 21.7 Å². The average molecular weight is 356 g/mol. The highest BCUT2D eigenvalue weighted by atomic mass is 32.1. The van der Waals surface area contributed by atoms with Crippen LogP contribution in [0.4, 0.5) is 0 Å². The molecule has 132 valence electrons. The topological polar surface area (TPSA) is 35.5 Å². The van der Waals surface area contributed by atoms with E-state index in [-0.39, 0.29) is 17.1 Å². The van der Waals surface area contributed by atoms with E-state index < -0.39 is 0 Å². The lowest BCUT2D eigenvalue weighted by molar-refractivity contribution is -0.115. The van der Waals surface area contributed by atoms with Crippen molar-refractivity contribution in [1.82, 2.24) is 0 Å². The molecule has 0 unspecified atom stereocenters. The Morgan fingerprint density at radius 1 is 1.08 bits per heavy atom. The van der Waals surface area contributed by atoms with Crippen molar-refractivity contribution in [2.75, 3.05) is 14.2 Å². The van der Waals surface area contributed by atoms with Gasteiger partial charge in [0.25, 0.3) is 0 Å². The summed E-state index contributed by atoms with van der Waals surface area (Å²) in [4.78, 5) is 13.1. The Kier molecular flexibility index (Phi) is 5.96. The maximum Gasteiger partial charge on any atom is 0.166 e. The minimum Gasteiger partial charge on any atom is -0.496 e. The molecule has 2 rings (SSSR count). The van der Waals surface area contributed by atoms with Crippen LogP contribution in [-0.2, 0) is 10.2 Å². The Labute approximate surface area is 155 Å². The Balaban J connectivity index is 2.34. The van der Waals surface area contributed by atoms with Crippen molar-refractivity contribution < 1.29 is 14.3 Å². The van der Waals surface area contributed by atoms with Gasteiger partial charge < -0.3 is 9.47 Å². The number of rotatable bonds is 5. The molecule has 1 aromatic rings. The molecule has 1 aliphatic rings. The van der Waals surface area contributed by atoms with Gasteiger partial charge in [-0.3, -0.25) is 4.79 Å². The number of carbonyl (C=O) groups excluding carboxylic acids is 1. The van der Waals surface area contributed by atoms with E-state index >= 15 is 0 Å². The number of hydrogen-bond acceptors (Lipinski definition) is 4. The van der Waals surface area contributed by atoms with Crippen molar-refractivity contribution in [3.8, 4) is 11.5 Å². The first kappa shape index (κ1) is 19.1. The quantitative estimate of drug-likeness (QED) is 0.566. The number of thiocarbonyl (C=S) groups is 1. The summed E-state index contributed by atoms with van der Waals surface area (Å²) in [5.41, 5.74) is 1.82. The number of ketones is 1. The molecule has 0 bridgehead atoms. The summed E-state index contributed by atoms with van der Waals surface area (Å²) in [5, 5.41) is 0. The molecule has 4 heteroatoms. The van der Waals surface area contributed by atoms with Crippen molar-refractivity contribution in [3.05, 3.63) is 53.6 Å². The molecule has 0 radical (unpaired) electrons. The summed E-state index contributed by atoms with van der Waals surface area (Å²) < 4.78 is 11.0. The fourth-order valence-electron chi connectivity index (χ4n) is 2.63. The van der Waals surface area contributed by atoms with Gasteiger partial charge in [0.2, 0.25) is 0 Å². The van der Waals surface area contributed by atoms with Crippen LogP contribution in [0.25, 0.3) is 6.08 Å². The smallest absolute Gasteiger partial charge is 0.166 e. The van der Waals surface area contributed by atoms with Crippen molar-refractivity contribution in [2.24, 2.45) is 5.92 Å². The molecule has 1 aromatic carbocycles. The van der Waals surface area contributed by atoms with E-state index in [2.05, 4.69) is 20.8 Å². The highest BCUT2D eigenvalue weighted by molar-refractivity contribution is 7.81. The maximum absolute atomic E-state index is 12.4. The SMILES string of the molecule is COc1cc(OC)c(C(C)(C)C)cc1/C=C/C(=O)C1C=CC(=S)C=C1. The number of allylic oxidation sites excluding steroid dienone is 5. The molecule has 25 heavy (non-hydrogen) atoms. The third kappa shape index (κ3) is 4.67. The van der Waals surface area contributed by atoms with Crippen LogP contribution in [-0.4, -0.2) is 24.9 Å². The fourth-order valence-corrected chi connectivity index (χ4v) is 2.79. The molecule has 0 aliphatic heterocycles. The third-order valence-corrected chi connectivity index (χ3v) is 4.32. The van der Waals surface area contributed by atoms with Gasteiger partial charge >= 0.3 is 0 Å². The van der Waals surface area contributed by atoms with Gasteiger partial charge in [-0.2, -0.15) is 0 Å². The average Bonchev–Trinajstić information content (AvgIpc) is 2.58. The Hall–Kier alpha value is -2.20. The van der Waals surface area contributed by atoms with Crippen LogP contribution in [0.15, 0.2) is 42.5 Å². The van der Waals surface area contributed by atoms with Crippen molar-refractivity contribution in [3.63, 3.8) is 0 Å². The maximum atomic E-state index is 12.4. The molecular weight excluding hydrogens is 332 g/mol. The third-order valence-electron chi connectivity index (χ3n) is 4.05. The first-order valence-electron chi connectivity index (χ1n) is 8.15. The van der Waals surface area contributed by atoms with Crippen LogP contribution in [0.1, 0.15) is 31.9 Å². The van der Waals surface area contributed by atoms with Crippen molar-refractivity contribution in [1.29, 1.82) is 0 Å². The minimum atomic E-state index is -0.269. The van der Waals surface area contributed by atoms with Crippen molar-refractivity contribution >= 4 is 28.9 Å². The van der Waals surface area contributed by atoms with Gasteiger partial charge in [-0.25, -0.2) is 0 Å². The monoisotopic (exact) mass is 356 g/mol. The van der Waals surface area contributed by atoms with Crippen LogP contribution in [0.5, 0.6) is 11.5 Å². The van der Waals surface area contributed by atoms with Crippen LogP contribution in [0, 0.1) is 5.92 Å². The summed E-state index contributed by atoms with van der Waals surface area (Å²) >= 11 is 5.06. The number of hydrogen-bond donors (Lipinski definition) is 0. The zero-order valence-corrected chi connectivity index (χ0v) is 16.1. The first-order chi connectivity index (χ1) is 11.8. The van der Waals surface area contributed by atoms with Crippen LogP contribution >= 0.6 is 12.2 Å². The molecule has 0 spiro atoms. The van der Waals surface area contributed by atoms with E-state index in [0.29, 0.717) is 5.75 Å². The highest BCUT2D eigenvalue weighted by Gasteiger charge is 2.21. The lowest BCUT2D eigenvalue weighted by Gasteiger charge is -2.23. The number of methoxy groups -OCH3 is 2.